The summed E-state index contributed by atoms with van der Waals surface area (Å²) < 4.78 is 0. The minimum atomic E-state index is -0.103. The molecule has 1 aliphatic rings. The lowest BCUT2D eigenvalue weighted by atomic mass is 10.1. The van der Waals surface area contributed by atoms with E-state index in [-0.39, 0.29) is 12.5 Å². The molecule has 0 atom stereocenters. The van der Waals surface area contributed by atoms with Crippen molar-refractivity contribution in [2.45, 2.75) is 24.2 Å². The van der Waals surface area contributed by atoms with Crippen LogP contribution in [0.2, 0.25) is 0 Å². The van der Waals surface area contributed by atoms with Crippen LogP contribution >= 0.6 is 11.8 Å². The maximum Gasteiger partial charge on any atom is 0.243 e. The van der Waals surface area contributed by atoms with Gasteiger partial charge in [-0.1, -0.05) is 24.3 Å². The molecule has 140 valence electrons. The van der Waals surface area contributed by atoms with E-state index in [0.29, 0.717) is 5.75 Å². The lowest BCUT2D eigenvalue weighted by Crippen LogP contribution is -2.30. The molecule has 1 fully saturated rings. The van der Waals surface area contributed by atoms with Crippen molar-refractivity contribution in [1.29, 1.82) is 5.26 Å². The third-order valence-electron chi connectivity index (χ3n) is 4.49. The molecule has 0 radical (unpaired) electrons. The Morgan fingerprint density at radius 2 is 1.74 bits per heavy atom. The molecule has 2 aromatic carbocycles. The topological polar surface area (TPSA) is 68.2 Å². The van der Waals surface area contributed by atoms with Crippen LogP contribution in [0.15, 0.2) is 53.4 Å². The second-order valence-corrected chi connectivity index (χ2v) is 7.43. The zero-order chi connectivity index (χ0) is 18.9. The molecule has 0 aromatic heterocycles. The van der Waals surface area contributed by atoms with Crippen molar-refractivity contribution in [3.63, 3.8) is 0 Å². The van der Waals surface area contributed by atoms with Gasteiger partial charge in [-0.05, 0) is 43.5 Å². The van der Waals surface area contributed by atoms with Gasteiger partial charge in [0.1, 0.15) is 0 Å². The first kappa shape index (κ1) is 19.1. The number of rotatable bonds is 7. The second-order valence-electron chi connectivity index (χ2n) is 6.41. The Kier molecular flexibility index (Phi) is 7.00. The number of nitrogens with one attached hydrogen (secondary N) is 2. The number of hydrogen-bond acceptors (Lipinski definition) is 5. The van der Waals surface area contributed by atoms with E-state index in [0.717, 1.165) is 35.0 Å². The number of nitriles is 1. The number of nitrogens with zero attached hydrogens (tertiary/aromatic N) is 2. The minimum Gasteiger partial charge on any atom is -0.374 e. The third kappa shape index (κ3) is 5.41. The van der Waals surface area contributed by atoms with Gasteiger partial charge in [0.15, 0.2) is 0 Å². The molecule has 0 spiro atoms. The van der Waals surface area contributed by atoms with E-state index in [2.05, 4.69) is 27.7 Å². The normalized spacial score (nSPS) is 13.7. The van der Waals surface area contributed by atoms with Gasteiger partial charge >= 0.3 is 0 Å². The predicted molar refractivity (Wildman–Crippen MR) is 112 cm³/mol. The Labute approximate surface area is 164 Å². The first-order chi connectivity index (χ1) is 13.3. The van der Waals surface area contributed by atoms with Gasteiger partial charge in [0.25, 0.3) is 0 Å². The average Bonchev–Trinajstić information content (AvgIpc) is 2.72. The average molecular weight is 381 g/mol. The van der Waals surface area contributed by atoms with Crippen molar-refractivity contribution in [2.75, 3.05) is 40.9 Å². The van der Waals surface area contributed by atoms with Crippen LogP contribution in [0.4, 0.5) is 17.1 Å². The molecule has 2 aromatic rings. The zero-order valence-corrected chi connectivity index (χ0v) is 16.1. The van der Waals surface area contributed by atoms with Crippen LogP contribution in [0.1, 0.15) is 19.3 Å². The van der Waals surface area contributed by atoms with Crippen molar-refractivity contribution >= 4 is 34.7 Å². The number of carbonyl (C=O) groups excluding carboxylic acids is 1. The maximum absolute atomic E-state index is 12.4. The zero-order valence-electron chi connectivity index (χ0n) is 15.3. The monoisotopic (exact) mass is 380 g/mol. The Balaban J connectivity index is 1.61. The van der Waals surface area contributed by atoms with Gasteiger partial charge < -0.3 is 15.5 Å². The van der Waals surface area contributed by atoms with Crippen LogP contribution in [-0.4, -0.2) is 31.3 Å². The molecule has 0 saturated carbocycles. The number of thioether (sulfide) groups is 1. The van der Waals surface area contributed by atoms with Gasteiger partial charge in [-0.3, -0.25) is 4.79 Å². The molecule has 1 saturated heterocycles. The van der Waals surface area contributed by atoms with E-state index in [4.69, 9.17) is 5.26 Å². The molecule has 0 unspecified atom stereocenters. The lowest BCUT2D eigenvalue weighted by molar-refractivity contribution is -0.114. The highest BCUT2D eigenvalue weighted by Crippen LogP contribution is 2.29. The van der Waals surface area contributed by atoms with Crippen molar-refractivity contribution in [1.82, 2.24) is 0 Å². The molecule has 2 N–H and O–H groups in total. The molecular weight excluding hydrogens is 356 g/mol. The summed E-state index contributed by atoms with van der Waals surface area (Å²) in [5, 5.41) is 15.0. The number of amides is 1. The first-order valence-corrected chi connectivity index (χ1v) is 10.2. The van der Waals surface area contributed by atoms with Gasteiger partial charge in [-0.15, -0.1) is 11.8 Å². The number of anilines is 3. The lowest BCUT2D eigenvalue weighted by Gasteiger charge is -2.30. The quantitative estimate of drug-likeness (QED) is 0.699. The van der Waals surface area contributed by atoms with Crippen LogP contribution in [0, 0.1) is 11.3 Å². The fourth-order valence-electron chi connectivity index (χ4n) is 3.21. The minimum absolute atomic E-state index is 0.103. The molecule has 0 bridgehead atoms. The summed E-state index contributed by atoms with van der Waals surface area (Å²) in [4.78, 5) is 15.7. The number of hydrogen-bond donors (Lipinski definition) is 2. The summed E-state index contributed by atoms with van der Waals surface area (Å²) >= 11 is 1.42. The van der Waals surface area contributed by atoms with Crippen LogP contribution < -0.4 is 15.5 Å². The van der Waals surface area contributed by atoms with E-state index in [1.165, 1.54) is 31.0 Å². The standard InChI is InChI=1S/C21H24N4OS/c22-12-15-27-20-11-5-3-9-18(20)24-21(26)16-23-17-8-2-4-10-19(17)25-13-6-1-7-14-25/h2-5,8-11,23H,1,6-7,13-16H2,(H,24,26). The van der Waals surface area contributed by atoms with Crippen LogP contribution in [0.3, 0.4) is 0 Å². The molecule has 0 aliphatic carbocycles. The number of carbonyl (C=O) groups is 1. The Morgan fingerprint density at radius 3 is 2.52 bits per heavy atom. The van der Waals surface area contributed by atoms with E-state index < -0.39 is 0 Å². The van der Waals surface area contributed by atoms with Crippen LogP contribution in [0.25, 0.3) is 0 Å². The van der Waals surface area contributed by atoms with Gasteiger partial charge in [0.2, 0.25) is 5.91 Å². The van der Waals surface area contributed by atoms with Crippen molar-refractivity contribution in [3.8, 4) is 6.07 Å². The molecule has 5 nitrogen and oxygen atoms in total. The molecule has 1 aliphatic heterocycles. The van der Waals surface area contributed by atoms with Crippen LogP contribution in [0.5, 0.6) is 0 Å². The first-order valence-electron chi connectivity index (χ1n) is 9.24. The number of benzene rings is 2. The molecule has 6 heteroatoms. The highest BCUT2D eigenvalue weighted by atomic mass is 32.2. The molecule has 1 amide bonds. The summed E-state index contributed by atoms with van der Waals surface area (Å²) in [7, 11) is 0. The van der Waals surface area contributed by atoms with Gasteiger partial charge in [0, 0.05) is 18.0 Å². The van der Waals surface area contributed by atoms with Crippen molar-refractivity contribution in [3.05, 3.63) is 48.5 Å². The van der Waals surface area contributed by atoms with E-state index in [1.807, 2.05) is 42.5 Å². The fraction of sp³-hybridized carbons (Fsp3) is 0.333. The summed E-state index contributed by atoms with van der Waals surface area (Å²) in [6.07, 6.45) is 3.72. The van der Waals surface area contributed by atoms with Gasteiger partial charge in [0.05, 0.1) is 35.4 Å². The molecule has 3 rings (SSSR count). The highest BCUT2D eigenvalue weighted by Gasteiger charge is 2.14. The molecule has 27 heavy (non-hydrogen) atoms. The van der Waals surface area contributed by atoms with Gasteiger partial charge in [-0.2, -0.15) is 5.26 Å². The Morgan fingerprint density at radius 1 is 1.04 bits per heavy atom. The van der Waals surface area contributed by atoms with Crippen LogP contribution in [-0.2, 0) is 4.79 Å². The van der Waals surface area contributed by atoms with E-state index in [9.17, 15) is 4.79 Å². The highest BCUT2D eigenvalue weighted by molar-refractivity contribution is 7.99. The molecular formula is C21H24N4OS. The second kappa shape index (κ2) is 9.89. The Bertz CT molecular complexity index is 812. The fourth-order valence-corrected chi connectivity index (χ4v) is 3.88. The summed E-state index contributed by atoms with van der Waals surface area (Å²) in [5.41, 5.74) is 2.89. The van der Waals surface area contributed by atoms with E-state index in [1.54, 1.807) is 0 Å². The molecule has 1 heterocycles. The number of para-hydroxylation sites is 3. The summed E-state index contributed by atoms with van der Waals surface area (Å²) in [5.74, 6) is 0.252. The van der Waals surface area contributed by atoms with E-state index >= 15 is 0 Å². The smallest absolute Gasteiger partial charge is 0.243 e. The van der Waals surface area contributed by atoms with Crippen molar-refractivity contribution in [2.24, 2.45) is 0 Å². The summed E-state index contributed by atoms with van der Waals surface area (Å²) in [6.45, 7) is 2.32. The third-order valence-corrected chi connectivity index (χ3v) is 5.43. The largest absolute Gasteiger partial charge is 0.374 e. The number of piperidine rings is 1. The van der Waals surface area contributed by atoms with Gasteiger partial charge in [-0.25, -0.2) is 0 Å². The maximum atomic E-state index is 12.4. The Hall–Kier alpha value is -2.65. The van der Waals surface area contributed by atoms with Crippen molar-refractivity contribution < 1.29 is 4.79 Å². The predicted octanol–water partition coefficient (Wildman–Crippen LogP) is 4.34. The SMILES string of the molecule is N#CCSc1ccccc1NC(=O)CNc1ccccc1N1CCCCC1. The summed E-state index contributed by atoms with van der Waals surface area (Å²) in [6, 6.07) is 17.8.